The number of ketones is 3. The minimum atomic E-state index is -1.18. The van der Waals surface area contributed by atoms with Crippen molar-refractivity contribution in [2.45, 2.75) is 177 Å². The number of fused-ring (bicyclic) bond motifs is 9. The van der Waals surface area contributed by atoms with Crippen LogP contribution in [0.15, 0.2) is 224 Å². The number of unbranched alkanes of at least 4 members (excludes halogenated alkanes) is 6. The van der Waals surface area contributed by atoms with E-state index in [-0.39, 0.29) is 131 Å². The predicted molar refractivity (Wildman–Crippen MR) is 480 cm³/mol. The first-order valence-electron chi connectivity index (χ1n) is 44.5. The van der Waals surface area contributed by atoms with Gasteiger partial charge in [-0.15, -0.1) is 0 Å². The molecule has 0 radical (unpaired) electrons. The van der Waals surface area contributed by atoms with Gasteiger partial charge in [-0.1, -0.05) is 219 Å². The van der Waals surface area contributed by atoms with Crippen molar-refractivity contribution in [2.75, 3.05) is 67.3 Å². The molecule has 0 aliphatic heterocycles. The molecule has 9 aromatic rings. The summed E-state index contributed by atoms with van der Waals surface area (Å²) >= 11 is 0. The summed E-state index contributed by atoms with van der Waals surface area (Å²) in [6, 6.07) is 72.6. The predicted octanol–water partition coefficient (Wildman–Crippen LogP) is 17.9. The summed E-state index contributed by atoms with van der Waals surface area (Å²) in [7, 11) is 4.96. The van der Waals surface area contributed by atoms with Gasteiger partial charge >= 0.3 is 24.1 Å². The minimum absolute atomic E-state index is 0.00831. The van der Waals surface area contributed by atoms with E-state index in [9.17, 15) is 38.4 Å². The zero-order valence-corrected chi connectivity index (χ0v) is 72.2. The maximum atomic E-state index is 15.1. The van der Waals surface area contributed by atoms with E-state index < -0.39 is 65.7 Å². The van der Waals surface area contributed by atoms with E-state index in [1.54, 1.807) is 21.3 Å². The molecule has 9 aromatic carbocycles. The van der Waals surface area contributed by atoms with Gasteiger partial charge in [0.05, 0.1) is 45.8 Å². The van der Waals surface area contributed by atoms with Crippen molar-refractivity contribution in [3.05, 3.63) is 275 Å². The summed E-state index contributed by atoms with van der Waals surface area (Å²) in [6.07, 6.45) is 5.31. The lowest BCUT2D eigenvalue weighted by molar-refractivity contribution is -0.150. The maximum absolute atomic E-state index is 15.1. The molecule has 4 aliphatic rings. The van der Waals surface area contributed by atoms with Crippen LogP contribution in [0.25, 0.3) is 33.4 Å². The Bertz CT molecular complexity index is 4990. The number of ether oxygens (including phenoxy) is 7. The number of amides is 4. The smallest absolute Gasteiger partial charge is 0.407 e. The molecule has 21 heteroatoms. The van der Waals surface area contributed by atoms with Crippen LogP contribution >= 0.6 is 0 Å². The topological polar surface area (TPSA) is 278 Å². The normalized spacial score (nSPS) is 15.5. The van der Waals surface area contributed by atoms with Gasteiger partial charge in [0.15, 0.2) is 5.78 Å². The molecule has 1 saturated carbocycles. The summed E-state index contributed by atoms with van der Waals surface area (Å²) in [6.45, 7) is 2.87. The summed E-state index contributed by atoms with van der Waals surface area (Å²) in [4.78, 5) is 124. The van der Waals surface area contributed by atoms with Crippen LogP contribution < -0.4 is 36.1 Å². The van der Waals surface area contributed by atoms with Gasteiger partial charge in [-0.25, -0.2) is 9.59 Å². The Kier molecular flexibility index (Phi) is 32.6. The Morgan fingerprint density at radius 1 is 0.392 bits per heavy atom. The van der Waals surface area contributed by atoms with Gasteiger partial charge in [-0.2, -0.15) is 0 Å². The van der Waals surface area contributed by atoms with Crippen molar-refractivity contribution in [3.63, 3.8) is 0 Å². The highest BCUT2D eigenvalue weighted by molar-refractivity contribution is 5.91. The van der Waals surface area contributed by atoms with E-state index >= 15 is 4.79 Å². The number of likely N-dealkylation sites (N-methyl/N-ethyl adjacent to an activating group) is 1. The van der Waals surface area contributed by atoms with Crippen LogP contribution in [0.2, 0.25) is 0 Å². The molecule has 6 atom stereocenters. The molecule has 1 fully saturated rings. The van der Waals surface area contributed by atoms with E-state index in [1.165, 1.54) is 6.92 Å². The highest BCUT2D eigenvalue weighted by Gasteiger charge is 2.45. The highest BCUT2D eigenvalue weighted by atomic mass is 16.6. The second-order valence-corrected chi connectivity index (χ2v) is 33.3. The molecular weight excluding hydrogens is 1580 g/mol. The second kappa shape index (κ2) is 45.0. The molecule has 0 saturated heterocycles. The molecule has 4 unspecified atom stereocenters. The quantitative estimate of drug-likeness (QED) is 0.0103. The van der Waals surface area contributed by atoms with Crippen molar-refractivity contribution in [3.8, 4) is 44.9 Å². The molecule has 13 rings (SSSR count). The van der Waals surface area contributed by atoms with E-state index in [1.807, 2.05) is 164 Å². The fourth-order valence-electron chi connectivity index (χ4n) is 18.6. The number of methoxy groups -OCH3 is 2. The second-order valence-electron chi connectivity index (χ2n) is 33.3. The molecule has 0 heterocycles. The van der Waals surface area contributed by atoms with Crippen LogP contribution in [0, 0.1) is 17.8 Å². The van der Waals surface area contributed by atoms with E-state index in [0.29, 0.717) is 102 Å². The number of nitrogens with one attached hydrogen (secondary N) is 5. The molecule has 0 bridgehead atoms. The average molecular weight is 1690 g/mol. The molecule has 4 amide bonds. The van der Waals surface area contributed by atoms with Crippen molar-refractivity contribution in [1.82, 2.24) is 26.6 Å². The van der Waals surface area contributed by atoms with E-state index in [0.717, 1.165) is 83.5 Å². The third-order valence-electron chi connectivity index (χ3n) is 25.2. The van der Waals surface area contributed by atoms with Crippen molar-refractivity contribution in [1.29, 1.82) is 0 Å². The maximum Gasteiger partial charge on any atom is 0.407 e. The SMILES string of the molecule is CNC(CCCCNC(=O)OCC1c2ccccc2-c2ccccc21)C(=O)NCCCCC(NC(=O)C(CCCCNC(=O)OCC1c2ccccc2-c2ccccc21)CC(=O)OCC1c2ccccc2-c2ccccc21)C(=O)CCCCCCC(=O)C1C[C@H](OC(=O)CCC(C)=O)C[C@H]1COC(c1ccccc1)(c1ccc(OC)cc1)c1ccc(OC)cc1. The van der Waals surface area contributed by atoms with Gasteiger partial charge < -0.3 is 64.5 Å². The van der Waals surface area contributed by atoms with Gasteiger partial charge in [-0.05, 0) is 205 Å². The zero-order chi connectivity index (χ0) is 87.4. The number of alkyl carbamates (subject to hydrolysis) is 2. The van der Waals surface area contributed by atoms with Gasteiger partial charge in [-0.3, -0.25) is 28.8 Å². The summed E-state index contributed by atoms with van der Waals surface area (Å²) in [5.74, 6) is -2.92. The molecule has 0 spiro atoms. The van der Waals surface area contributed by atoms with E-state index in [4.69, 9.17) is 33.2 Å². The molecule has 654 valence electrons. The molecule has 125 heavy (non-hydrogen) atoms. The van der Waals surface area contributed by atoms with Crippen LogP contribution in [0.5, 0.6) is 11.5 Å². The molecule has 4 aliphatic carbocycles. The monoisotopic (exact) mass is 1690 g/mol. The fraction of sp³-hybridized carbons (Fsp3) is 0.394. The first-order chi connectivity index (χ1) is 61.0. The Morgan fingerprint density at radius 2 is 0.808 bits per heavy atom. The summed E-state index contributed by atoms with van der Waals surface area (Å²) in [5.41, 5.74) is 14.5. The summed E-state index contributed by atoms with van der Waals surface area (Å²) < 4.78 is 42.3. The zero-order valence-electron chi connectivity index (χ0n) is 72.2. The van der Waals surface area contributed by atoms with Crippen molar-refractivity contribution in [2.24, 2.45) is 17.8 Å². The largest absolute Gasteiger partial charge is 0.497 e. The lowest BCUT2D eigenvalue weighted by atomic mass is 9.79. The first-order valence-corrected chi connectivity index (χ1v) is 44.5. The lowest BCUT2D eigenvalue weighted by Crippen LogP contribution is -2.44. The van der Waals surface area contributed by atoms with Crippen LogP contribution in [-0.4, -0.2) is 139 Å². The Labute approximate surface area is 733 Å². The highest BCUT2D eigenvalue weighted by Crippen LogP contribution is 2.49. The van der Waals surface area contributed by atoms with Crippen molar-refractivity contribution < 1.29 is 76.3 Å². The average Bonchev–Trinajstić information content (AvgIpc) is 1.78. The molecule has 0 aromatic heterocycles. The number of carbonyl (C=O) groups is 9. The number of Topliss-reactive ketones (excluding diaryl/α,β-unsaturated/α-hetero) is 3. The Balaban J connectivity index is 0.644. The Hall–Kier alpha value is -12.1. The van der Waals surface area contributed by atoms with E-state index in [2.05, 4.69) is 87.2 Å². The minimum Gasteiger partial charge on any atom is -0.497 e. The van der Waals surface area contributed by atoms with Crippen LogP contribution in [-0.2, 0) is 62.8 Å². The van der Waals surface area contributed by atoms with Crippen LogP contribution in [0.4, 0.5) is 9.59 Å². The van der Waals surface area contributed by atoms with Crippen molar-refractivity contribution >= 4 is 53.3 Å². The number of hydrogen-bond acceptors (Lipinski definition) is 17. The lowest BCUT2D eigenvalue weighted by Gasteiger charge is -2.37. The van der Waals surface area contributed by atoms with Crippen LogP contribution in [0.1, 0.15) is 203 Å². The van der Waals surface area contributed by atoms with Gasteiger partial charge in [0.25, 0.3) is 0 Å². The standard InChI is InChI=1S/C104H117N5O16/c1-69(110)49-58-98(113)125-77-62-71(65-124-104(72-31-8-7-9-32-72,73-50-54-75(119-3)55-51-73)74-52-56-76(120-4)57-53-74)90(64-77)96(111)47-10-5-6-11-48-97(112)94(45-25-28-59-106-101(116)95(105-2)46-26-29-61-108-103(118)123-68-93-88-43-22-16-37-82(88)83-38-17-23-44-89(83)93)109-100(115)70(63-99(114)121-66-91-84-39-18-12-33-78(84)79-34-13-19-40-85(79)91)30-24-27-60-107-102(117)122-67-92-86-41-20-14-35-80(86)81-36-15-21-42-87(81)92/h7-9,12-23,31-44,50-57,70-71,77,90-95,105H,5-6,10-11,24-30,45-49,58-68H2,1-4H3,(H,106,116)(H,107,117)(H,108,118)(H,109,115)/t70?,71-,77+,90?,94?,95?/m0/s1. The van der Waals surface area contributed by atoms with Gasteiger partial charge in [0, 0.05) is 68.5 Å². The third-order valence-corrected chi connectivity index (χ3v) is 25.2. The fourth-order valence-corrected chi connectivity index (χ4v) is 18.6. The number of esters is 2. The van der Waals surface area contributed by atoms with Crippen LogP contribution in [0.3, 0.4) is 0 Å². The number of carbonyl (C=O) groups excluding carboxylic acids is 9. The first kappa shape index (κ1) is 90.7. The summed E-state index contributed by atoms with van der Waals surface area (Å²) in [5, 5.41) is 15.1. The molecule has 21 nitrogen and oxygen atoms in total. The Morgan fingerprint density at radius 3 is 1.26 bits per heavy atom. The molecule has 5 N–H and O–H groups in total. The third kappa shape index (κ3) is 23.3. The molecular formula is C104H117N5O16. The number of hydrogen-bond donors (Lipinski definition) is 5. The van der Waals surface area contributed by atoms with Gasteiger partial charge in [0.1, 0.15) is 54.6 Å². The van der Waals surface area contributed by atoms with Gasteiger partial charge in [0.2, 0.25) is 11.8 Å². The number of rotatable bonds is 48. The number of benzene rings is 9.